The van der Waals surface area contributed by atoms with E-state index in [2.05, 4.69) is 10.6 Å². The zero-order chi connectivity index (χ0) is 24.9. The highest BCUT2D eigenvalue weighted by atomic mass is 16.3. The maximum absolute atomic E-state index is 10.2. The molecular formula is C27H42N2O5. The first-order valence-corrected chi connectivity index (χ1v) is 12.5. The standard InChI is InChI=1S/C27H42N2O5/c1-3-22-19(9-11-24(31)26(22)33)13-17-28-15-5-7-21(30)8-6-16-29-18-14-20-10-12-25(32)27(34)23(20)4-2/h9-12,21,28-34H,3-8,13-18H2,1-2H3. The Kier molecular flexibility index (Phi) is 12.0. The molecule has 0 amide bonds. The van der Waals surface area contributed by atoms with Gasteiger partial charge in [0.1, 0.15) is 0 Å². The first-order valence-electron chi connectivity index (χ1n) is 12.5. The Morgan fingerprint density at radius 1 is 0.647 bits per heavy atom. The van der Waals surface area contributed by atoms with Gasteiger partial charge in [-0.1, -0.05) is 26.0 Å². The Bertz CT molecular complexity index is 816. The second-order valence-corrected chi connectivity index (χ2v) is 8.79. The Morgan fingerprint density at radius 2 is 1.06 bits per heavy atom. The van der Waals surface area contributed by atoms with Crippen molar-refractivity contribution >= 4 is 0 Å². The lowest BCUT2D eigenvalue weighted by atomic mass is 10.0. The minimum Gasteiger partial charge on any atom is -0.504 e. The van der Waals surface area contributed by atoms with Gasteiger partial charge in [-0.2, -0.15) is 0 Å². The molecule has 2 aromatic rings. The van der Waals surface area contributed by atoms with Crippen molar-refractivity contribution in [1.82, 2.24) is 10.6 Å². The van der Waals surface area contributed by atoms with Crippen LogP contribution in [0.4, 0.5) is 0 Å². The van der Waals surface area contributed by atoms with Crippen molar-refractivity contribution in [1.29, 1.82) is 0 Å². The Balaban J connectivity index is 1.52. The van der Waals surface area contributed by atoms with E-state index < -0.39 is 0 Å². The van der Waals surface area contributed by atoms with E-state index in [0.29, 0.717) is 12.8 Å². The van der Waals surface area contributed by atoms with Gasteiger partial charge in [-0.05, 0) is 101 Å². The third-order valence-electron chi connectivity index (χ3n) is 6.35. The van der Waals surface area contributed by atoms with Crippen LogP contribution in [0.1, 0.15) is 61.8 Å². The number of aliphatic hydroxyl groups is 1. The van der Waals surface area contributed by atoms with Crippen molar-refractivity contribution in [2.45, 2.75) is 71.3 Å². The van der Waals surface area contributed by atoms with Gasteiger partial charge >= 0.3 is 0 Å². The molecule has 0 fully saturated rings. The van der Waals surface area contributed by atoms with Crippen LogP contribution < -0.4 is 10.6 Å². The number of aliphatic hydroxyl groups excluding tert-OH is 1. The number of hydrogen-bond donors (Lipinski definition) is 7. The van der Waals surface area contributed by atoms with E-state index in [9.17, 15) is 25.5 Å². The highest BCUT2D eigenvalue weighted by Crippen LogP contribution is 2.32. The molecule has 0 aromatic heterocycles. The van der Waals surface area contributed by atoms with Crippen LogP contribution in [0.15, 0.2) is 24.3 Å². The molecule has 0 aliphatic rings. The zero-order valence-corrected chi connectivity index (χ0v) is 20.6. The fourth-order valence-corrected chi connectivity index (χ4v) is 4.35. The lowest BCUT2D eigenvalue weighted by Gasteiger charge is -2.13. The van der Waals surface area contributed by atoms with E-state index in [-0.39, 0.29) is 29.1 Å². The fourth-order valence-electron chi connectivity index (χ4n) is 4.35. The summed E-state index contributed by atoms with van der Waals surface area (Å²) in [6.07, 6.45) is 5.96. The summed E-state index contributed by atoms with van der Waals surface area (Å²) in [6.45, 7) is 7.17. The molecule has 34 heavy (non-hydrogen) atoms. The summed E-state index contributed by atoms with van der Waals surface area (Å²) in [7, 11) is 0. The number of aromatic hydroxyl groups is 4. The van der Waals surface area contributed by atoms with Crippen LogP contribution in [0, 0.1) is 0 Å². The van der Waals surface area contributed by atoms with Crippen LogP contribution in [0.25, 0.3) is 0 Å². The second kappa shape index (κ2) is 14.7. The number of rotatable bonds is 16. The number of benzene rings is 2. The van der Waals surface area contributed by atoms with Gasteiger partial charge in [0.25, 0.3) is 0 Å². The summed E-state index contributed by atoms with van der Waals surface area (Å²) in [4.78, 5) is 0. The number of hydrogen-bond acceptors (Lipinski definition) is 7. The van der Waals surface area contributed by atoms with E-state index in [4.69, 9.17) is 0 Å². The van der Waals surface area contributed by atoms with Crippen molar-refractivity contribution in [3.05, 3.63) is 46.5 Å². The maximum atomic E-state index is 10.2. The monoisotopic (exact) mass is 474 g/mol. The van der Waals surface area contributed by atoms with Gasteiger partial charge in [-0.15, -0.1) is 0 Å². The predicted octanol–water partition coefficient (Wildman–Crippen LogP) is 3.52. The topological polar surface area (TPSA) is 125 Å². The lowest BCUT2D eigenvalue weighted by Crippen LogP contribution is -2.22. The van der Waals surface area contributed by atoms with Crippen molar-refractivity contribution < 1.29 is 25.5 Å². The number of phenolic OH excluding ortho intramolecular Hbond substituents is 4. The first kappa shape index (κ1) is 27.8. The summed E-state index contributed by atoms with van der Waals surface area (Å²) < 4.78 is 0. The lowest BCUT2D eigenvalue weighted by molar-refractivity contribution is 0.149. The molecule has 0 atom stereocenters. The average Bonchev–Trinajstić information content (AvgIpc) is 2.83. The molecule has 0 radical (unpaired) electrons. The normalized spacial score (nSPS) is 11.4. The van der Waals surface area contributed by atoms with Crippen LogP contribution in [0.5, 0.6) is 23.0 Å². The van der Waals surface area contributed by atoms with Gasteiger partial charge in [0.05, 0.1) is 6.10 Å². The summed E-state index contributed by atoms with van der Waals surface area (Å²) in [5.41, 5.74) is 3.70. The van der Waals surface area contributed by atoms with Crippen LogP contribution in [0.2, 0.25) is 0 Å². The van der Waals surface area contributed by atoms with Crippen molar-refractivity contribution in [2.24, 2.45) is 0 Å². The molecule has 7 nitrogen and oxygen atoms in total. The van der Waals surface area contributed by atoms with Crippen molar-refractivity contribution in [2.75, 3.05) is 26.2 Å². The van der Waals surface area contributed by atoms with Gasteiger partial charge < -0.3 is 36.2 Å². The molecule has 0 aliphatic heterocycles. The molecule has 0 heterocycles. The Labute approximate surface area is 203 Å². The zero-order valence-electron chi connectivity index (χ0n) is 20.6. The van der Waals surface area contributed by atoms with E-state index in [1.807, 2.05) is 26.0 Å². The highest BCUT2D eigenvalue weighted by Gasteiger charge is 2.11. The maximum Gasteiger partial charge on any atom is 0.160 e. The van der Waals surface area contributed by atoms with E-state index in [1.54, 1.807) is 0 Å². The summed E-state index contributed by atoms with van der Waals surface area (Å²) in [6, 6.07) is 6.81. The molecular weight excluding hydrogens is 432 g/mol. The van der Waals surface area contributed by atoms with Gasteiger partial charge in [-0.3, -0.25) is 0 Å². The third-order valence-corrected chi connectivity index (χ3v) is 6.35. The summed E-state index contributed by atoms with van der Waals surface area (Å²) in [5, 5.41) is 56.2. The minimum absolute atomic E-state index is 0.0111. The fraction of sp³-hybridized carbons (Fsp3) is 0.556. The van der Waals surface area contributed by atoms with E-state index in [0.717, 1.165) is 87.0 Å². The molecule has 7 N–H and O–H groups in total. The molecule has 2 aromatic carbocycles. The first-order chi connectivity index (χ1) is 16.4. The van der Waals surface area contributed by atoms with Gasteiger partial charge in [0.2, 0.25) is 0 Å². The SMILES string of the molecule is CCc1c(CCNCCCC(O)CCCNCCc2ccc(O)c(O)c2CC)ccc(O)c1O. The van der Waals surface area contributed by atoms with Crippen LogP contribution in [-0.2, 0) is 25.7 Å². The number of nitrogens with one attached hydrogen (secondary N) is 2. The van der Waals surface area contributed by atoms with Crippen LogP contribution in [-0.4, -0.2) is 57.8 Å². The molecule has 2 rings (SSSR count). The Morgan fingerprint density at radius 3 is 1.44 bits per heavy atom. The molecule has 0 aliphatic carbocycles. The quantitative estimate of drug-likeness (QED) is 0.147. The second-order valence-electron chi connectivity index (χ2n) is 8.79. The van der Waals surface area contributed by atoms with Crippen molar-refractivity contribution in [3.8, 4) is 23.0 Å². The molecule has 0 unspecified atom stereocenters. The van der Waals surface area contributed by atoms with Gasteiger partial charge in [-0.25, -0.2) is 0 Å². The number of phenols is 4. The van der Waals surface area contributed by atoms with Crippen LogP contribution >= 0.6 is 0 Å². The molecule has 0 bridgehead atoms. The minimum atomic E-state index is -0.301. The molecule has 0 spiro atoms. The molecule has 190 valence electrons. The molecule has 0 saturated carbocycles. The Hall–Kier alpha value is -2.48. The van der Waals surface area contributed by atoms with Crippen molar-refractivity contribution in [3.63, 3.8) is 0 Å². The smallest absolute Gasteiger partial charge is 0.160 e. The molecule has 7 heteroatoms. The van der Waals surface area contributed by atoms with Gasteiger partial charge in [0, 0.05) is 11.1 Å². The highest BCUT2D eigenvalue weighted by molar-refractivity contribution is 5.49. The van der Waals surface area contributed by atoms with E-state index in [1.165, 1.54) is 12.1 Å². The average molecular weight is 475 g/mol. The van der Waals surface area contributed by atoms with E-state index >= 15 is 0 Å². The van der Waals surface area contributed by atoms with Crippen LogP contribution in [0.3, 0.4) is 0 Å². The summed E-state index contributed by atoms with van der Waals surface area (Å²) in [5.74, 6) is -0.159. The summed E-state index contributed by atoms with van der Waals surface area (Å²) >= 11 is 0. The van der Waals surface area contributed by atoms with Gasteiger partial charge in [0.15, 0.2) is 23.0 Å². The molecule has 0 saturated heterocycles. The third kappa shape index (κ3) is 8.38. The predicted molar refractivity (Wildman–Crippen MR) is 136 cm³/mol. The largest absolute Gasteiger partial charge is 0.504 e.